The molecule has 0 saturated heterocycles. The molecule has 0 aliphatic carbocycles. The predicted molar refractivity (Wildman–Crippen MR) is 83.7 cm³/mol. The average molecular weight is 353 g/mol. The van der Waals surface area contributed by atoms with Gasteiger partial charge in [-0.05, 0) is 29.8 Å². The van der Waals surface area contributed by atoms with Gasteiger partial charge in [0.05, 0.1) is 9.82 Å². The summed E-state index contributed by atoms with van der Waals surface area (Å²) in [4.78, 5) is 21.2. The van der Waals surface area contributed by atoms with Gasteiger partial charge in [-0.15, -0.1) is 3.89 Å². The van der Waals surface area contributed by atoms with Crippen LogP contribution in [0, 0.1) is 10.1 Å². The summed E-state index contributed by atoms with van der Waals surface area (Å²) in [5.74, 6) is 0. The van der Waals surface area contributed by atoms with Crippen molar-refractivity contribution in [3.05, 3.63) is 64.2 Å². The second-order valence-corrected chi connectivity index (χ2v) is 6.04. The van der Waals surface area contributed by atoms with E-state index in [1.165, 1.54) is 36.4 Å². The van der Waals surface area contributed by atoms with Crippen LogP contribution in [-0.2, 0) is 16.8 Å². The number of urea groups is 1. The fourth-order valence-corrected chi connectivity index (χ4v) is 2.26. The zero-order valence-corrected chi connectivity index (χ0v) is 12.9. The van der Waals surface area contributed by atoms with Gasteiger partial charge in [-0.2, -0.15) is 8.42 Å². The smallest absolute Gasteiger partial charge is 0.332 e. The molecule has 2 amide bonds. The van der Waals surface area contributed by atoms with Crippen molar-refractivity contribution < 1.29 is 22.0 Å². The zero-order valence-electron chi connectivity index (χ0n) is 12.1. The van der Waals surface area contributed by atoms with Crippen LogP contribution in [0.1, 0.15) is 5.56 Å². The van der Waals surface area contributed by atoms with Gasteiger partial charge in [-0.3, -0.25) is 10.1 Å². The fraction of sp³-hybridized carbons (Fsp3) is 0.0714. The first kappa shape index (κ1) is 17.3. The van der Waals surface area contributed by atoms with Gasteiger partial charge in [-0.1, -0.05) is 12.1 Å². The second kappa shape index (κ2) is 7.04. The third-order valence-electron chi connectivity index (χ3n) is 2.99. The molecule has 0 saturated carbocycles. The SMILES string of the molecule is O=C(NCc1ccc([N+](=O)[O-])cc1)Nc1ccc(S(=O)(=O)F)cc1. The Morgan fingerprint density at radius 1 is 1.08 bits per heavy atom. The van der Waals surface area contributed by atoms with Gasteiger partial charge in [0.15, 0.2) is 0 Å². The molecule has 0 radical (unpaired) electrons. The fourth-order valence-electron chi connectivity index (χ4n) is 1.79. The van der Waals surface area contributed by atoms with Crippen molar-refractivity contribution in [3.63, 3.8) is 0 Å². The van der Waals surface area contributed by atoms with Crippen LogP contribution in [0.15, 0.2) is 53.4 Å². The van der Waals surface area contributed by atoms with Crippen molar-refractivity contribution >= 4 is 27.6 Å². The number of nitro groups is 1. The number of non-ortho nitro benzene ring substituents is 1. The van der Waals surface area contributed by atoms with E-state index in [4.69, 9.17) is 0 Å². The van der Waals surface area contributed by atoms with Gasteiger partial charge in [-0.25, -0.2) is 4.79 Å². The molecular formula is C14H12FN3O5S. The highest BCUT2D eigenvalue weighted by Gasteiger charge is 2.11. The lowest BCUT2D eigenvalue weighted by Gasteiger charge is -2.08. The molecule has 0 atom stereocenters. The van der Waals surface area contributed by atoms with Crippen LogP contribution in [0.25, 0.3) is 0 Å². The highest BCUT2D eigenvalue weighted by atomic mass is 32.3. The molecule has 0 aromatic heterocycles. The van der Waals surface area contributed by atoms with E-state index in [1.807, 2.05) is 0 Å². The molecule has 0 spiro atoms. The Hall–Kier alpha value is -3.01. The average Bonchev–Trinajstić information content (AvgIpc) is 2.53. The molecule has 0 aliphatic heterocycles. The highest BCUT2D eigenvalue weighted by molar-refractivity contribution is 7.86. The summed E-state index contributed by atoms with van der Waals surface area (Å²) < 4.78 is 34.1. The number of halogens is 1. The maximum atomic E-state index is 12.7. The Bertz CT molecular complexity index is 851. The first-order chi connectivity index (χ1) is 11.3. The van der Waals surface area contributed by atoms with Gasteiger partial charge >= 0.3 is 16.3 Å². The number of nitrogens with one attached hydrogen (secondary N) is 2. The van der Waals surface area contributed by atoms with Crippen molar-refractivity contribution in [1.82, 2.24) is 5.32 Å². The van der Waals surface area contributed by atoms with E-state index in [9.17, 15) is 27.2 Å². The topological polar surface area (TPSA) is 118 Å². The van der Waals surface area contributed by atoms with Gasteiger partial charge in [0.25, 0.3) is 5.69 Å². The van der Waals surface area contributed by atoms with Crippen molar-refractivity contribution in [3.8, 4) is 0 Å². The van der Waals surface area contributed by atoms with Gasteiger partial charge in [0.1, 0.15) is 0 Å². The third kappa shape index (κ3) is 4.74. The first-order valence-corrected chi connectivity index (χ1v) is 7.97. The van der Waals surface area contributed by atoms with E-state index in [2.05, 4.69) is 10.6 Å². The molecule has 2 aromatic carbocycles. The lowest BCUT2D eigenvalue weighted by molar-refractivity contribution is -0.384. The molecule has 0 fully saturated rings. The van der Waals surface area contributed by atoms with Crippen LogP contribution in [-0.4, -0.2) is 19.4 Å². The van der Waals surface area contributed by atoms with Gasteiger partial charge < -0.3 is 10.6 Å². The van der Waals surface area contributed by atoms with E-state index < -0.39 is 26.1 Å². The van der Waals surface area contributed by atoms with Crippen molar-refractivity contribution in [2.45, 2.75) is 11.4 Å². The number of anilines is 1. The number of rotatable bonds is 5. The summed E-state index contributed by atoms with van der Waals surface area (Å²) in [6.07, 6.45) is 0. The van der Waals surface area contributed by atoms with Crippen molar-refractivity contribution in [1.29, 1.82) is 0 Å². The number of hydrogen-bond donors (Lipinski definition) is 2. The van der Waals surface area contributed by atoms with Crippen LogP contribution in [0.2, 0.25) is 0 Å². The molecule has 126 valence electrons. The van der Waals surface area contributed by atoms with Crippen LogP contribution in [0.5, 0.6) is 0 Å². The summed E-state index contributed by atoms with van der Waals surface area (Å²) in [5, 5.41) is 15.5. The molecule has 2 N–H and O–H groups in total. The van der Waals surface area contributed by atoms with Crippen LogP contribution < -0.4 is 10.6 Å². The molecule has 0 aliphatic rings. The van der Waals surface area contributed by atoms with Crippen LogP contribution in [0.4, 0.5) is 20.1 Å². The second-order valence-electron chi connectivity index (χ2n) is 4.69. The van der Waals surface area contributed by atoms with Crippen molar-refractivity contribution in [2.75, 3.05) is 5.32 Å². The minimum absolute atomic E-state index is 0.0499. The van der Waals surface area contributed by atoms with E-state index in [-0.39, 0.29) is 17.9 Å². The Balaban J connectivity index is 1.90. The molecule has 8 nitrogen and oxygen atoms in total. The summed E-state index contributed by atoms with van der Waals surface area (Å²) >= 11 is 0. The monoisotopic (exact) mass is 353 g/mol. The number of carbonyl (C=O) groups excluding carboxylic acids is 1. The maximum absolute atomic E-state index is 12.7. The normalized spacial score (nSPS) is 10.9. The zero-order chi connectivity index (χ0) is 17.7. The lowest BCUT2D eigenvalue weighted by Crippen LogP contribution is -2.28. The summed E-state index contributed by atoms with van der Waals surface area (Å²) in [7, 11) is -4.78. The number of hydrogen-bond acceptors (Lipinski definition) is 5. The Morgan fingerprint density at radius 2 is 1.67 bits per heavy atom. The maximum Gasteiger partial charge on any atom is 0.332 e. The molecule has 0 heterocycles. The first-order valence-electron chi connectivity index (χ1n) is 6.58. The molecule has 0 unspecified atom stereocenters. The number of amides is 2. The number of carbonyl (C=O) groups is 1. The molecule has 2 rings (SSSR count). The van der Waals surface area contributed by atoms with E-state index >= 15 is 0 Å². The summed E-state index contributed by atoms with van der Waals surface area (Å²) in [6, 6.07) is 9.66. The number of benzene rings is 2. The number of nitro benzene ring substituents is 1. The molecule has 10 heteroatoms. The third-order valence-corrected chi connectivity index (χ3v) is 3.83. The van der Waals surface area contributed by atoms with Crippen LogP contribution in [0.3, 0.4) is 0 Å². The molecule has 0 bridgehead atoms. The van der Waals surface area contributed by atoms with Crippen molar-refractivity contribution in [2.24, 2.45) is 0 Å². The summed E-state index contributed by atoms with van der Waals surface area (Å²) in [5.41, 5.74) is 0.893. The Labute approximate surface area is 136 Å². The predicted octanol–water partition coefficient (Wildman–Crippen LogP) is 2.57. The van der Waals surface area contributed by atoms with E-state index in [0.717, 1.165) is 12.1 Å². The standard InChI is InChI=1S/C14H12FN3O5S/c15-24(22,23)13-7-3-11(4-8-13)17-14(19)16-9-10-1-5-12(6-2-10)18(20)21/h1-8H,9H2,(H2,16,17,19). The van der Waals surface area contributed by atoms with Crippen LogP contribution >= 0.6 is 0 Å². The quantitative estimate of drug-likeness (QED) is 0.486. The Kier molecular flexibility index (Phi) is 5.09. The molecule has 2 aromatic rings. The van der Waals surface area contributed by atoms with Gasteiger partial charge in [0, 0.05) is 24.4 Å². The minimum Gasteiger partial charge on any atom is -0.334 e. The highest BCUT2D eigenvalue weighted by Crippen LogP contribution is 2.16. The Morgan fingerprint density at radius 3 is 2.17 bits per heavy atom. The number of nitrogens with zero attached hydrogens (tertiary/aromatic N) is 1. The van der Waals surface area contributed by atoms with Gasteiger partial charge in [0.2, 0.25) is 0 Å². The molecular weight excluding hydrogens is 341 g/mol. The van der Waals surface area contributed by atoms with E-state index in [0.29, 0.717) is 5.56 Å². The largest absolute Gasteiger partial charge is 0.334 e. The lowest BCUT2D eigenvalue weighted by atomic mass is 10.2. The summed E-state index contributed by atoms with van der Waals surface area (Å²) in [6.45, 7) is 0.140. The minimum atomic E-state index is -4.78. The molecule has 24 heavy (non-hydrogen) atoms. The van der Waals surface area contributed by atoms with E-state index in [1.54, 1.807) is 0 Å².